The zero-order chi connectivity index (χ0) is 13.0. The van der Waals surface area contributed by atoms with Gasteiger partial charge in [0.05, 0.1) is 6.42 Å². The van der Waals surface area contributed by atoms with Crippen LogP contribution < -0.4 is 21.9 Å². The van der Waals surface area contributed by atoms with Gasteiger partial charge in [0.15, 0.2) is 0 Å². The first-order chi connectivity index (χ1) is 8.04. The molecule has 0 aliphatic rings. The first kappa shape index (κ1) is 13.0. The number of carbonyl (C=O) groups excluding carboxylic acids is 2. The summed E-state index contributed by atoms with van der Waals surface area (Å²) in [6.07, 6.45) is -0.00370. The minimum Gasteiger partial charge on any atom is -0.445 e. The van der Waals surface area contributed by atoms with Gasteiger partial charge >= 0.3 is 0 Å². The van der Waals surface area contributed by atoms with E-state index in [0.717, 1.165) is 0 Å². The highest BCUT2D eigenvalue weighted by Crippen LogP contribution is 2.27. The van der Waals surface area contributed by atoms with Crippen LogP contribution in [0.1, 0.15) is 21.7 Å². The molecule has 94 valence electrons. The molecule has 0 spiro atoms. The normalized spacial score (nSPS) is 9.88. The van der Waals surface area contributed by atoms with Crippen LogP contribution in [0.3, 0.4) is 0 Å². The van der Waals surface area contributed by atoms with Gasteiger partial charge in [0.2, 0.25) is 11.8 Å². The Morgan fingerprint density at radius 2 is 2.00 bits per heavy atom. The molecule has 0 aromatic carbocycles. The van der Waals surface area contributed by atoms with Crippen molar-refractivity contribution in [1.29, 1.82) is 0 Å². The number of rotatable bonds is 4. The van der Waals surface area contributed by atoms with Crippen LogP contribution in [-0.2, 0) is 11.2 Å². The molecule has 5 N–H and O–H groups in total. The number of nitrogens with one attached hydrogen (secondary N) is 3. The maximum atomic E-state index is 11.7. The maximum Gasteiger partial charge on any atom is 0.256 e. The Kier molecular flexibility index (Phi) is 4.11. The van der Waals surface area contributed by atoms with Gasteiger partial charge in [0, 0.05) is 19.7 Å². The molecule has 17 heavy (non-hydrogen) atoms. The van der Waals surface area contributed by atoms with Gasteiger partial charge in [-0.15, -0.1) is 0 Å². The Hall–Kier alpha value is -2.02. The van der Waals surface area contributed by atoms with Crippen LogP contribution in [0.2, 0.25) is 0 Å². The van der Waals surface area contributed by atoms with E-state index in [1.807, 2.05) is 5.43 Å². The lowest BCUT2D eigenvalue weighted by atomic mass is 10.1. The number of hydrogen-bond donors (Lipinski definition) is 4. The van der Waals surface area contributed by atoms with Crippen molar-refractivity contribution in [2.75, 3.05) is 19.4 Å². The van der Waals surface area contributed by atoms with E-state index < -0.39 is 0 Å². The molecule has 0 atom stereocenters. The molecule has 0 saturated carbocycles. The fourth-order valence-electron chi connectivity index (χ4n) is 1.54. The van der Waals surface area contributed by atoms with E-state index in [9.17, 15) is 9.59 Å². The summed E-state index contributed by atoms with van der Waals surface area (Å²) in [5.41, 5.74) is 2.87. The predicted molar refractivity (Wildman–Crippen MR) is 62.4 cm³/mol. The molecule has 0 aliphatic carbocycles. The van der Waals surface area contributed by atoms with Gasteiger partial charge in [-0.3, -0.25) is 15.0 Å². The number of hydrazine groups is 1. The number of nitrogens with two attached hydrogens (primary N) is 1. The van der Waals surface area contributed by atoms with E-state index in [0.29, 0.717) is 22.8 Å². The lowest BCUT2D eigenvalue weighted by Crippen LogP contribution is -2.32. The van der Waals surface area contributed by atoms with E-state index in [4.69, 9.17) is 10.3 Å². The molecule has 1 aromatic heterocycles. The Morgan fingerprint density at radius 1 is 1.35 bits per heavy atom. The Balaban J connectivity index is 3.22. The van der Waals surface area contributed by atoms with Crippen molar-refractivity contribution in [3.05, 3.63) is 16.9 Å². The topological polar surface area (TPSA) is 109 Å². The summed E-state index contributed by atoms with van der Waals surface area (Å²) in [6.45, 7) is 1.69. The number of hydrogen-bond acceptors (Lipinski definition) is 5. The molecule has 0 fully saturated rings. The van der Waals surface area contributed by atoms with Crippen LogP contribution in [-0.4, -0.2) is 25.9 Å². The highest BCUT2D eigenvalue weighted by molar-refractivity contribution is 6.01. The summed E-state index contributed by atoms with van der Waals surface area (Å²) in [5, 5.41) is 5.27. The minimum absolute atomic E-state index is 0.00370. The number of furan rings is 1. The van der Waals surface area contributed by atoms with Crippen LogP contribution in [0.15, 0.2) is 4.42 Å². The molecule has 7 heteroatoms. The Bertz CT molecular complexity index is 439. The average molecular weight is 240 g/mol. The van der Waals surface area contributed by atoms with Crippen molar-refractivity contribution >= 4 is 17.7 Å². The van der Waals surface area contributed by atoms with Crippen LogP contribution in [0.25, 0.3) is 0 Å². The van der Waals surface area contributed by atoms with Crippen molar-refractivity contribution in [2.24, 2.45) is 5.84 Å². The van der Waals surface area contributed by atoms with Crippen molar-refractivity contribution in [3.8, 4) is 0 Å². The smallest absolute Gasteiger partial charge is 0.256 e. The van der Waals surface area contributed by atoms with Crippen molar-refractivity contribution in [1.82, 2.24) is 10.7 Å². The Labute approximate surface area is 98.7 Å². The molecule has 1 aromatic rings. The summed E-state index contributed by atoms with van der Waals surface area (Å²) in [5.74, 6) is 5.17. The zero-order valence-corrected chi connectivity index (χ0v) is 10.0. The van der Waals surface area contributed by atoms with Gasteiger partial charge < -0.3 is 15.1 Å². The van der Waals surface area contributed by atoms with Crippen molar-refractivity contribution < 1.29 is 14.0 Å². The fraction of sp³-hybridized carbons (Fsp3) is 0.400. The van der Waals surface area contributed by atoms with E-state index in [1.165, 1.54) is 7.05 Å². The molecule has 0 aliphatic heterocycles. The second-order valence-electron chi connectivity index (χ2n) is 3.41. The van der Waals surface area contributed by atoms with Crippen LogP contribution in [0, 0.1) is 6.92 Å². The molecule has 0 radical (unpaired) electrons. The standard InChI is InChI=1S/C10H16N4O3/c1-5-6(4-7(15)14-11)8(9(16)12-2)10(13-3)17-5/h13H,4,11H2,1-3H3,(H,12,16)(H,14,15). The highest BCUT2D eigenvalue weighted by Gasteiger charge is 2.23. The zero-order valence-electron chi connectivity index (χ0n) is 10.0. The second-order valence-corrected chi connectivity index (χ2v) is 3.41. The molecular weight excluding hydrogens is 224 g/mol. The van der Waals surface area contributed by atoms with Gasteiger partial charge in [0.25, 0.3) is 5.91 Å². The summed E-state index contributed by atoms with van der Waals surface area (Å²) >= 11 is 0. The number of carbonyl (C=O) groups is 2. The second kappa shape index (κ2) is 5.35. The van der Waals surface area contributed by atoms with Gasteiger partial charge in [0.1, 0.15) is 11.3 Å². The average Bonchev–Trinajstić information content (AvgIpc) is 2.65. The van der Waals surface area contributed by atoms with Crippen molar-refractivity contribution in [3.63, 3.8) is 0 Å². The summed E-state index contributed by atoms with van der Waals surface area (Å²) in [6, 6.07) is 0. The van der Waals surface area contributed by atoms with Crippen molar-refractivity contribution in [2.45, 2.75) is 13.3 Å². The van der Waals surface area contributed by atoms with Crippen LogP contribution in [0.5, 0.6) is 0 Å². The van der Waals surface area contributed by atoms with Crippen LogP contribution >= 0.6 is 0 Å². The first-order valence-electron chi connectivity index (χ1n) is 5.06. The lowest BCUT2D eigenvalue weighted by Gasteiger charge is -2.04. The van der Waals surface area contributed by atoms with E-state index in [2.05, 4.69) is 10.6 Å². The Morgan fingerprint density at radius 3 is 2.47 bits per heavy atom. The van der Waals surface area contributed by atoms with E-state index in [1.54, 1.807) is 14.0 Å². The predicted octanol–water partition coefficient (Wildman–Crippen LogP) is -0.478. The maximum absolute atomic E-state index is 11.7. The van der Waals surface area contributed by atoms with Gasteiger partial charge in [-0.05, 0) is 6.92 Å². The van der Waals surface area contributed by atoms with Gasteiger partial charge in [-0.25, -0.2) is 5.84 Å². The molecule has 1 heterocycles. The first-order valence-corrected chi connectivity index (χ1v) is 5.06. The summed E-state index contributed by atoms with van der Waals surface area (Å²) < 4.78 is 5.37. The molecule has 0 unspecified atom stereocenters. The quantitative estimate of drug-likeness (QED) is 0.323. The molecular formula is C10H16N4O3. The molecule has 0 bridgehead atoms. The number of anilines is 1. The number of amides is 2. The van der Waals surface area contributed by atoms with Gasteiger partial charge in [-0.2, -0.15) is 0 Å². The molecule has 1 rings (SSSR count). The highest BCUT2D eigenvalue weighted by atomic mass is 16.4. The number of aryl methyl sites for hydroxylation is 1. The molecule has 2 amide bonds. The fourth-order valence-corrected chi connectivity index (χ4v) is 1.54. The van der Waals surface area contributed by atoms with Crippen LogP contribution in [0.4, 0.5) is 5.88 Å². The SMILES string of the molecule is CNC(=O)c1c(NC)oc(C)c1CC(=O)NN. The molecule has 7 nitrogen and oxygen atoms in total. The van der Waals surface area contributed by atoms with E-state index in [-0.39, 0.29) is 18.2 Å². The molecule has 0 saturated heterocycles. The summed E-state index contributed by atoms with van der Waals surface area (Å²) in [7, 11) is 3.15. The van der Waals surface area contributed by atoms with Gasteiger partial charge in [-0.1, -0.05) is 0 Å². The summed E-state index contributed by atoms with van der Waals surface area (Å²) in [4.78, 5) is 23.0. The minimum atomic E-state index is -0.387. The monoisotopic (exact) mass is 240 g/mol. The third-order valence-electron chi connectivity index (χ3n) is 2.39. The third kappa shape index (κ3) is 2.56. The lowest BCUT2D eigenvalue weighted by molar-refractivity contribution is -0.120. The largest absolute Gasteiger partial charge is 0.445 e. The third-order valence-corrected chi connectivity index (χ3v) is 2.39. The van der Waals surface area contributed by atoms with E-state index >= 15 is 0 Å².